The lowest BCUT2D eigenvalue weighted by Gasteiger charge is -2.07. The summed E-state index contributed by atoms with van der Waals surface area (Å²) in [5, 5.41) is 11.1. The maximum absolute atomic E-state index is 11.9. The standard InChI is InChI=1S/C14H14N4O3/c1-2-15-13(20)9-4-3-5-10(8-9)16-14(21)11-6-7-12(19)18-17-11/h3-8H,2H2,1H3,(H,15,20)(H,16,21)(H,18,19). The first-order chi connectivity index (χ1) is 10.1. The van der Waals surface area contributed by atoms with E-state index in [2.05, 4.69) is 20.8 Å². The fourth-order valence-electron chi connectivity index (χ4n) is 1.67. The van der Waals surface area contributed by atoms with E-state index in [1.54, 1.807) is 24.3 Å². The fourth-order valence-corrected chi connectivity index (χ4v) is 1.67. The van der Waals surface area contributed by atoms with Gasteiger partial charge in [-0.2, -0.15) is 5.10 Å². The molecule has 2 aromatic rings. The van der Waals surface area contributed by atoms with Crippen molar-refractivity contribution in [2.75, 3.05) is 11.9 Å². The summed E-state index contributed by atoms with van der Waals surface area (Å²) in [5.41, 5.74) is 0.614. The predicted octanol–water partition coefficient (Wildman–Crippen LogP) is 0.772. The molecule has 0 atom stereocenters. The summed E-state index contributed by atoms with van der Waals surface area (Å²) in [7, 11) is 0. The van der Waals surface area contributed by atoms with Crippen molar-refractivity contribution >= 4 is 17.5 Å². The van der Waals surface area contributed by atoms with Gasteiger partial charge in [0.2, 0.25) is 0 Å². The molecule has 0 fully saturated rings. The van der Waals surface area contributed by atoms with Gasteiger partial charge in [0, 0.05) is 23.9 Å². The Balaban J connectivity index is 2.14. The number of H-pyrrole nitrogens is 1. The second-order valence-electron chi connectivity index (χ2n) is 4.20. The topological polar surface area (TPSA) is 104 Å². The minimum absolute atomic E-state index is 0.0815. The van der Waals surface area contributed by atoms with E-state index in [0.717, 1.165) is 0 Å². The summed E-state index contributed by atoms with van der Waals surface area (Å²) in [6.45, 7) is 2.35. The molecule has 1 aromatic carbocycles. The van der Waals surface area contributed by atoms with Gasteiger partial charge in [0.05, 0.1) is 0 Å². The second kappa shape index (κ2) is 6.47. The van der Waals surface area contributed by atoms with Crippen LogP contribution in [-0.4, -0.2) is 28.6 Å². The van der Waals surface area contributed by atoms with E-state index in [1.165, 1.54) is 12.1 Å². The third kappa shape index (κ3) is 3.75. The zero-order valence-corrected chi connectivity index (χ0v) is 11.3. The Morgan fingerprint density at radius 1 is 1.19 bits per heavy atom. The van der Waals surface area contributed by atoms with Crippen molar-refractivity contribution in [3.05, 3.63) is 58.0 Å². The van der Waals surface area contributed by atoms with Gasteiger partial charge in [-0.15, -0.1) is 0 Å². The van der Waals surface area contributed by atoms with Crippen molar-refractivity contribution < 1.29 is 9.59 Å². The quantitative estimate of drug-likeness (QED) is 0.772. The van der Waals surface area contributed by atoms with Crippen LogP contribution in [-0.2, 0) is 0 Å². The molecule has 0 saturated heterocycles. The van der Waals surface area contributed by atoms with Crippen LogP contribution in [0.4, 0.5) is 5.69 Å². The lowest BCUT2D eigenvalue weighted by molar-refractivity contribution is 0.0954. The van der Waals surface area contributed by atoms with Gasteiger partial charge in [0.25, 0.3) is 17.4 Å². The number of nitrogens with one attached hydrogen (secondary N) is 3. The predicted molar refractivity (Wildman–Crippen MR) is 77.3 cm³/mol. The SMILES string of the molecule is CCNC(=O)c1cccc(NC(=O)c2ccc(=O)[nH]n2)c1. The number of carbonyl (C=O) groups is 2. The zero-order valence-electron chi connectivity index (χ0n) is 11.3. The van der Waals surface area contributed by atoms with Gasteiger partial charge in [-0.25, -0.2) is 5.10 Å². The van der Waals surface area contributed by atoms with E-state index in [0.29, 0.717) is 17.8 Å². The number of nitrogens with zero attached hydrogens (tertiary/aromatic N) is 1. The summed E-state index contributed by atoms with van der Waals surface area (Å²) in [5.74, 6) is -0.685. The normalized spacial score (nSPS) is 9.95. The molecule has 108 valence electrons. The number of amides is 2. The van der Waals surface area contributed by atoms with E-state index < -0.39 is 5.91 Å². The highest BCUT2D eigenvalue weighted by atomic mass is 16.2. The molecule has 1 heterocycles. The Bertz CT molecular complexity index is 704. The average molecular weight is 286 g/mol. The molecular weight excluding hydrogens is 272 g/mol. The van der Waals surface area contributed by atoms with Crippen molar-refractivity contribution in [3.8, 4) is 0 Å². The summed E-state index contributed by atoms with van der Waals surface area (Å²) in [6, 6.07) is 9.08. The second-order valence-corrected chi connectivity index (χ2v) is 4.20. The number of hydrogen-bond donors (Lipinski definition) is 3. The molecule has 7 nitrogen and oxygen atoms in total. The third-order valence-corrected chi connectivity index (χ3v) is 2.63. The molecule has 0 aliphatic carbocycles. The van der Waals surface area contributed by atoms with Crippen LogP contribution < -0.4 is 16.2 Å². The molecule has 0 aliphatic heterocycles. The van der Waals surface area contributed by atoms with Crippen molar-refractivity contribution in [2.45, 2.75) is 6.92 Å². The van der Waals surface area contributed by atoms with E-state index in [-0.39, 0.29) is 17.2 Å². The number of aromatic nitrogens is 2. The molecule has 0 aliphatic rings. The van der Waals surface area contributed by atoms with E-state index in [1.807, 2.05) is 6.92 Å². The molecule has 1 aromatic heterocycles. The molecule has 0 unspecified atom stereocenters. The van der Waals surface area contributed by atoms with Crippen molar-refractivity contribution in [2.24, 2.45) is 0 Å². The van der Waals surface area contributed by atoms with Gasteiger partial charge in [-0.1, -0.05) is 6.07 Å². The summed E-state index contributed by atoms with van der Waals surface area (Å²) in [6.07, 6.45) is 0. The monoisotopic (exact) mass is 286 g/mol. The van der Waals surface area contributed by atoms with Crippen LogP contribution in [0, 0.1) is 0 Å². The molecule has 0 spiro atoms. The highest BCUT2D eigenvalue weighted by molar-refractivity contribution is 6.03. The van der Waals surface area contributed by atoms with Crippen molar-refractivity contribution in [3.63, 3.8) is 0 Å². The number of anilines is 1. The van der Waals surface area contributed by atoms with E-state index >= 15 is 0 Å². The molecule has 2 amide bonds. The van der Waals surface area contributed by atoms with E-state index in [4.69, 9.17) is 0 Å². The van der Waals surface area contributed by atoms with Gasteiger partial charge in [-0.3, -0.25) is 14.4 Å². The molecule has 7 heteroatoms. The maximum Gasteiger partial charge on any atom is 0.276 e. The van der Waals surface area contributed by atoms with Gasteiger partial charge >= 0.3 is 0 Å². The number of hydrogen-bond acceptors (Lipinski definition) is 4. The van der Waals surface area contributed by atoms with Crippen LogP contribution in [0.15, 0.2) is 41.2 Å². The highest BCUT2D eigenvalue weighted by Gasteiger charge is 2.10. The summed E-state index contributed by atoms with van der Waals surface area (Å²) >= 11 is 0. The van der Waals surface area contributed by atoms with E-state index in [9.17, 15) is 14.4 Å². The van der Waals surface area contributed by atoms with Gasteiger partial charge < -0.3 is 10.6 Å². The van der Waals surface area contributed by atoms with Gasteiger partial charge in [0.15, 0.2) is 0 Å². The van der Waals surface area contributed by atoms with Crippen LogP contribution in [0.3, 0.4) is 0 Å². The highest BCUT2D eigenvalue weighted by Crippen LogP contribution is 2.11. The lowest BCUT2D eigenvalue weighted by Crippen LogP contribution is -2.23. The van der Waals surface area contributed by atoms with Crippen molar-refractivity contribution in [1.29, 1.82) is 0 Å². The Morgan fingerprint density at radius 3 is 2.67 bits per heavy atom. The number of aromatic amines is 1. The molecule has 3 N–H and O–H groups in total. The maximum atomic E-state index is 11.9. The Morgan fingerprint density at radius 2 is 2.00 bits per heavy atom. The minimum atomic E-state index is -0.473. The largest absolute Gasteiger partial charge is 0.352 e. The first kappa shape index (κ1) is 14.4. The zero-order chi connectivity index (χ0) is 15.2. The number of benzene rings is 1. The molecule has 0 radical (unpaired) electrons. The summed E-state index contributed by atoms with van der Waals surface area (Å²) in [4.78, 5) is 34.5. The van der Waals surface area contributed by atoms with Gasteiger partial charge in [-0.05, 0) is 31.2 Å². The Kier molecular flexibility index (Phi) is 4.45. The van der Waals surface area contributed by atoms with Crippen LogP contribution in [0.2, 0.25) is 0 Å². The van der Waals surface area contributed by atoms with Crippen LogP contribution in [0.25, 0.3) is 0 Å². The molecule has 2 rings (SSSR count). The first-order valence-corrected chi connectivity index (χ1v) is 6.35. The van der Waals surface area contributed by atoms with Crippen molar-refractivity contribution in [1.82, 2.24) is 15.5 Å². The van der Waals surface area contributed by atoms with Gasteiger partial charge in [0.1, 0.15) is 5.69 Å². The fraction of sp³-hybridized carbons (Fsp3) is 0.143. The lowest BCUT2D eigenvalue weighted by atomic mass is 10.2. The molecular formula is C14H14N4O3. The van der Waals surface area contributed by atoms with Crippen LogP contribution >= 0.6 is 0 Å². The van der Waals surface area contributed by atoms with Crippen LogP contribution in [0.1, 0.15) is 27.8 Å². The molecule has 0 saturated carbocycles. The Hall–Kier alpha value is -2.96. The molecule has 0 bridgehead atoms. The third-order valence-electron chi connectivity index (χ3n) is 2.63. The number of rotatable bonds is 4. The van der Waals surface area contributed by atoms with Crippen LogP contribution in [0.5, 0.6) is 0 Å². The Labute approximate surface area is 120 Å². The number of carbonyl (C=O) groups excluding carboxylic acids is 2. The average Bonchev–Trinajstić information content (AvgIpc) is 2.48. The minimum Gasteiger partial charge on any atom is -0.352 e. The molecule has 21 heavy (non-hydrogen) atoms. The smallest absolute Gasteiger partial charge is 0.276 e. The summed E-state index contributed by atoms with van der Waals surface area (Å²) < 4.78 is 0. The first-order valence-electron chi connectivity index (χ1n) is 6.35.